The molecule has 182 valence electrons. The molecule has 0 aromatic heterocycles. The molecule has 2 rings (SSSR count). The van der Waals surface area contributed by atoms with Crippen molar-refractivity contribution in [3.8, 4) is 0 Å². The molecule has 34 heavy (non-hydrogen) atoms. The number of nitro benzene ring substituents is 1. The predicted octanol–water partition coefficient (Wildman–Crippen LogP) is 1.71. The molecular weight excluding hydrogens is 468 g/mol. The average molecular weight is 493 g/mol. The lowest BCUT2D eigenvalue weighted by Crippen LogP contribution is -2.31. The molecule has 0 atom stereocenters. The number of nitrogens with one attached hydrogen (secondary N) is 2. The SMILES string of the molecule is CCC(=O)Nc1ccc(C(=O)COC(=O)CNS(=O)(=O)c2ccc(N(C)C)c([N+](=O)[O-])c2)cc1. The molecule has 2 aromatic rings. The zero-order chi connectivity index (χ0) is 25.5. The number of Topliss-reactive ketones (excluding diaryl/α,β-unsaturated/α-hetero) is 1. The summed E-state index contributed by atoms with van der Waals surface area (Å²) in [5.41, 5.74) is 0.536. The van der Waals surface area contributed by atoms with Crippen LogP contribution in [0.15, 0.2) is 47.4 Å². The maximum absolute atomic E-state index is 12.4. The van der Waals surface area contributed by atoms with Crippen molar-refractivity contribution in [2.45, 2.75) is 18.2 Å². The maximum Gasteiger partial charge on any atom is 0.321 e. The van der Waals surface area contributed by atoms with Gasteiger partial charge in [-0.25, -0.2) is 8.42 Å². The van der Waals surface area contributed by atoms with E-state index < -0.39 is 50.4 Å². The molecule has 0 heterocycles. The molecule has 0 bridgehead atoms. The normalized spacial score (nSPS) is 10.9. The fourth-order valence-electron chi connectivity index (χ4n) is 2.70. The van der Waals surface area contributed by atoms with Crippen LogP contribution < -0.4 is 14.9 Å². The number of carbonyl (C=O) groups excluding carboxylic acids is 3. The highest BCUT2D eigenvalue weighted by Crippen LogP contribution is 2.29. The van der Waals surface area contributed by atoms with Crippen molar-refractivity contribution in [1.29, 1.82) is 0 Å². The molecule has 2 aromatic carbocycles. The van der Waals surface area contributed by atoms with Gasteiger partial charge in [-0.05, 0) is 36.4 Å². The largest absolute Gasteiger partial charge is 0.456 e. The first kappa shape index (κ1) is 26.4. The Hall–Kier alpha value is -3.84. The number of anilines is 2. The zero-order valence-electron chi connectivity index (χ0n) is 18.7. The highest BCUT2D eigenvalue weighted by atomic mass is 32.2. The first-order valence-corrected chi connectivity index (χ1v) is 11.5. The van der Waals surface area contributed by atoms with Crippen LogP contribution in [0.5, 0.6) is 0 Å². The van der Waals surface area contributed by atoms with Gasteiger partial charge in [0.05, 0.1) is 9.82 Å². The Balaban J connectivity index is 1.94. The van der Waals surface area contributed by atoms with E-state index in [9.17, 15) is 32.9 Å². The van der Waals surface area contributed by atoms with E-state index in [-0.39, 0.29) is 17.2 Å². The van der Waals surface area contributed by atoms with Crippen LogP contribution >= 0.6 is 0 Å². The minimum absolute atomic E-state index is 0.182. The lowest BCUT2D eigenvalue weighted by Gasteiger charge is -2.13. The van der Waals surface area contributed by atoms with E-state index in [1.54, 1.807) is 21.0 Å². The van der Waals surface area contributed by atoms with Crippen molar-refractivity contribution < 1.29 is 32.5 Å². The van der Waals surface area contributed by atoms with Gasteiger partial charge in [-0.2, -0.15) is 4.72 Å². The topological polar surface area (TPSA) is 165 Å². The summed E-state index contributed by atoms with van der Waals surface area (Å²) in [5, 5.41) is 13.9. The number of rotatable bonds is 11. The summed E-state index contributed by atoms with van der Waals surface area (Å²) in [7, 11) is -1.11. The molecule has 0 aliphatic carbocycles. The third kappa shape index (κ3) is 7.08. The minimum Gasteiger partial charge on any atom is -0.456 e. The van der Waals surface area contributed by atoms with Crippen LogP contribution in [0.3, 0.4) is 0 Å². The zero-order valence-corrected chi connectivity index (χ0v) is 19.5. The summed E-state index contributed by atoms with van der Waals surface area (Å²) in [4.78, 5) is 47.1. The number of nitro groups is 1. The molecule has 0 saturated heterocycles. The van der Waals surface area contributed by atoms with Crippen LogP contribution in [0.25, 0.3) is 0 Å². The van der Waals surface area contributed by atoms with E-state index in [1.807, 2.05) is 4.72 Å². The number of hydrogen-bond acceptors (Lipinski definition) is 9. The predicted molar refractivity (Wildman–Crippen MR) is 123 cm³/mol. The highest BCUT2D eigenvalue weighted by molar-refractivity contribution is 7.89. The molecule has 12 nitrogen and oxygen atoms in total. The van der Waals surface area contributed by atoms with Gasteiger partial charge in [0.25, 0.3) is 5.69 Å². The van der Waals surface area contributed by atoms with Gasteiger partial charge in [0.15, 0.2) is 12.4 Å². The number of ketones is 1. The van der Waals surface area contributed by atoms with Crippen LogP contribution in [0.1, 0.15) is 23.7 Å². The van der Waals surface area contributed by atoms with Gasteiger partial charge in [0.1, 0.15) is 12.2 Å². The van der Waals surface area contributed by atoms with Crippen molar-refractivity contribution in [1.82, 2.24) is 4.72 Å². The molecule has 0 aliphatic rings. The summed E-state index contributed by atoms with van der Waals surface area (Å²) >= 11 is 0. The summed E-state index contributed by atoms with van der Waals surface area (Å²) in [5.74, 6) is -1.72. The van der Waals surface area contributed by atoms with Crippen molar-refractivity contribution in [2.75, 3.05) is 37.5 Å². The molecule has 0 radical (unpaired) electrons. The Kier molecular flexibility index (Phi) is 8.81. The first-order chi connectivity index (χ1) is 15.9. The number of hydrogen-bond donors (Lipinski definition) is 2. The van der Waals surface area contributed by atoms with Gasteiger partial charge < -0.3 is 15.0 Å². The smallest absolute Gasteiger partial charge is 0.321 e. The summed E-state index contributed by atoms with van der Waals surface area (Å²) in [6.45, 7) is 0.303. The van der Waals surface area contributed by atoms with Gasteiger partial charge in [0.2, 0.25) is 15.9 Å². The van der Waals surface area contributed by atoms with Gasteiger partial charge in [0, 0.05) is 37.8 Å². The third-order valence-corrected chi connectivity index (χ3v) is 5.92. The fraction of sp³-hybridized carbons (Fsp3) is 0.286. The second-order valence-electron chi connectivity index (χ2n) is 7.19. The first-order valence-electron chi connectivity index (χ1n) is 9.98. The second kappa shape index (κ2) is 11.3. The summed E-state index contributed by atoms with van der Waals surface area (Å²) in [6.07, 6.45) is 0.304. The quantitative estimate of drug-likeness (QED) is 0.205. The van der Waals surface area contributed by atoms with E-state index in [2.05, 4.69) is 5.32 Å². The monoisotopic (exact) mass is 492 g/mol. The number of carbonyl (C=O) groups is 3. The Morgan fingerprint density at radius 1 is 1.09 bits per heavy atom. The Labute approximate surface area is 196 Å². The lowest BCUT2D eigenvalue weighted by molar-refractivity contribution is -0.384. The molecule has 0 spiro atoms. The number of esters is 1. The van der Waals surface area contributed by atoms with Crippen LogP contribution in [0.2, 0.25) is 0 Å². The number of nitrogens with zero attached hydrogens (tertiary/aromatic N) is 2. The highest BCUT2D eigenvalue weighted by Gasteiger charge is 2.23. The lowest BCUT2D eigenvalue weighted by atomic mass is 10.1. The van der Waals surface area contributed by atoms with E-state index in [1.165, 1.54) is 41.3 Å². The van der Waals surface area contributed by atoms with Gasteiger partial charge in [-0.15, -0.1) is 0 Å². The van der Waals surface area contributed by atoms with Crippen molar-refractivity contribution >= 4 is 44.7 Å². The molecule has 13 heteroatoms. The average Bonchev–Trinajstić information content (AvgIpc) is 2.81. The standard InChI is InChI=1S/C21H24N4O8S/c1-4-20(27)23-15-7-5-14(6-8-15)19(26)13-33-21(28)12-22-34(31,32)16-9-10-17(24(2)3)18(11-16)25(29)30/h5-11,22H,4,12-13H2,1-3H3,(H,23,27). The van der Waals surface area contributed by atoms with Crippen LogP contribution in [-0.4, -0.2) is 58.2 Å². The Morgan fingerprint density at radius 3 is 2.29 bits per heavy atom. The molecule has 0 fully saturated rings. The van der Waals surface area contributed by atoms with Gasteiger partial charge in [-0.3, -0.25) is 24.5 Å². The molecule has 0 saturated carbocycles. The number of sulfonamides is 1. The molecular formula is C21H24N4O8S. The second-order valence-corrected chi connectivity index (χ2v) is 8.96. The third-order valence-electron chi connectivity index (χ3n) is 4.52. The number of benzene rings is 2. The van der Waals surface area contributed by atoms with Crippen LogP contribution in [-0.2, 0) is 24.3 Å². The van der Waals surface area contributed by atoms with E-state index in [4.69, 9.17) is 4.74 Å². The summed E-state index contributed by atoms with van der Waals surface area (Å²) in [6, 6.07) is 9.30. The molecule has 1 amide bonds. The number of amides is 1. The molecule has 0 aliphatic heterocycles. The van der Waals surface area contributed by atoms with Crippen LogP contribution in [0.4, 0.5) is 17.1 Å². The minimum atomic E-state index is -4.25. The van der Waals surface area contributed by atoms with Gasteiger partial charge >= 0.3 is 5.97 Å². The van der Waals surface area contributed by atoms with E-state index >= 15 is 0 Å². The van der Waals surface area contributed by atoms with Crippen molar-refractivity contribution in [3.05, 3.63) is 58.1 Å². The van der Waals surface area contributed by atoms with Gasteiger partial charge in [-0.1, -0.05) is 6.92 Å². The molecule has 2 N–H and O–H groups in total. The molecule has 0 unspecified atom stereocenters. The van der Waals surface area contributed by atoms with Crippen molar-refractivity contribution in [3.63, 3.8) is 0 Å². The fourth-order valence-corrected chi connectivity index (χ4v) is 3.69. The maximum atomic E-state index is 12.4. The summed E-state index contributed by atoms with van der Waals surface area (Å²) < 4.78 is 31.7. The van der Waals surface area contributed by atoms with Crippen LogP contribution in [0, 0.1) is 10.1 Å². The van der Waals surface area contributed by atoms with E-state index in [0.717, 1.165) is 6.07 Å². The number of ether oxygens (including phenoxy) is 1. The van der Waals surface area contributed by atoms with Crippen molar-refractivity contribution in [2.24, 2.45) is 0 Å². The Bertz CT molecular complexity index is 1190. The van der Waals surface area contributed by atoms with E-state index in [0.29, 0.717) is 12.1 Å². The Morgan fingerprint density at radius 2 is 1.74 bits per heavy atom.